The predicted octanol–water partition coefficient (Wildman–Crippen LogP) is 4.04. The molecule has 1 aliphatic heterocycles. The van der Waals surface area contributed by atoms with Crippen LogP contribution in [-0.2, 0) is 9.53 Å². The van der Waals surface area contributed by atoms with Crippen LogP contribution in [0.4, 0.5) is 0 Å². The molecule has 0 fully saturated rings. The lowest BCUT2D eigenvalue weighted by Gasteiger charge is -2.24. The van der Waals surface area contributed by atoms with Crippen molar-refractivity contribution in [2.24, 2.45) is 4.99 Å². The largest absolute Gasteiger partial charge is 0.463 e. The zero-order chi connectivity index (χ0) is 23.1. The number of carbonyl (C=O) groups is 1. The summed E-state index contributed by atoms with van der Waals surface area (Å²) in [5.74, 6) is -0.461. The number of fused-ring (bicyclic) bond motifs is 2. The van der Waals surface area contributed by atoms with E-state index in [1.165, 1.54) is 11.3 Å². The van der Waals surface area contributed by atoms with Gasteiger partial charge >= 0.3 is 5.97 Å². The van der Waals surface area contributed by atoms with E-state index in [-0.39, 0.29) is 12.2 Å². The van der Waals surface area contributed by atoms with E-state index in [1.54, 1.807) is 18.4 Å². The Hall–Kier alpha value is -3.23. The van der Waals surface area contributed by atoms with Gasteiger partial charge in [0, 0.05) is 27.1 Å². The minimum Gasteiger partial charge on any atom is -0.463 e. The maximum Gasteiger partial charge on any atom is 0.338 e. The molecule has 8 heteroatoms. The number of H-pyrrole nitrogens is 1. The molecule has 1 N–H and O–H groups in total. The van der Waals surface area contributed by atoms with E-state index >= 15 is 0 Å². The highest BCUT2D eigenvalue weighted by molar-refractivity contribution is 9.10. The van der Waals surface area contributed by atoms with Crippen molar-refractivity contribution in [3.8, 4) is 0 Å². The van der Waals surface area contributed by atoms with Gasteiger partial charge in [0.25, 0.3) is 5.56 Å². The molecule has 6 nitrogen and oxygen atoms in total. The quantitative estimate of drug-likeness (QED) is 0.411. The molecule has 1 atom stereocenters. The van der Waals surface area contributed by atoms with Crippen LogP contribution < -0.4 is 14.9 Å². The second-order valence-electron chi connectivity index (χ2n) is 7.64. The Morgan fingerprint density at radius 1 is 1.24 bits per heavy atom. The van der Waals surface area contributed by atoms with Crippen molar-refractivity contribution in [3.63, 3.8) is 0 Å². The molecule has 5 rings (SSSR count). The van der Waals surface area contributed by atoms with Crippen molar-refractivity contribution in [2.75, 3.05) is 6.61 Å². The fourth-order valence-corrected chi connectivity index (χ4v) is 5.41. The number of carbonyl (C=O) groups excluding carboxylic acids is 1. The molecule has 0 unspecified atom stereocenters. The average molecular weight is 522 g/mol. The highest BCUT2D eigenvalue weighted by Gasteiger charge is 2.33. The number of hydrogen-bond acceptors (Lipinski definition) is 5. The van der Waals surface area contributed by atoms with Crippen LogP contribution in [0.1, 0.15) is 31.0 Å². The van der Waals surface area contributed by atoms with Crippen LogP contribution in [-0.4, -0.2) is 22.1 Å². The second-order valence-corrected chi connectivity index (χ2v) is 9.57. The van der Waals surface area contributed by atoms with Crippen molar-refractivity contribution >= 4 is 50.2 Å². The number of nitrogens with zero attached hydrogens (tertiary/aromatic N) is 2. The van der Waals surface area contributed by atoms with Gasteiger partial charge in [0.1, 0.15) is 0 Å². The number of hydrogen-bond donors (Lipinski definition) is 1. The Kier molecular flexibility index (Phi) is 5.64. The summed E-state index contributed by atoms with van der Waals surface area (Å²) in [6.07, 6.45) is 3.77. The number of allylic oxidation sites excluding steroid dienone is 1. The fraction of sp³-hybridized carbons (Fsp3) is 0.160. The zero-order valence-corrected chi connectivity index (χ0v) is 20.4. The van der Waals surface area contributed by atoms with Crippen LogP contribution in [0.25, 0.3) is 17.0 Å². The minimum absolute atomic E-state index is 0.189. The number of para-hydroxylation sites is 1. The Balaban J connectivity index is 1.74. The Morgan fingerprint density at radius 3 is 2.76 bits per heavy atom. The van der Waals surface area contributed by atoms with Crippen molar-refractivity contribution in [1.82, 2.24) is 9.55 Å². The number of thiazole rings is 1. The molecule has 33 heavy (non-hydrogen) atoms. The molecule has 0 radical (unpaired) electrons. The summed E-state index contributed by atoms with van der Waals surface area (Å²) < 4.78 is 8.40. The SMILES string of the molecule is CCOC(=O)C1=C(C)N=c2s/c(=C\c3c[nH]c4ccccc34)c(=O)n2[C@@H]1c1ccc(Br)cc1. The predicted molar refractivity (Wildman–Crippen MR) is 133 cm³/mol. The number of rotatable bonds is 4. The fourth-order valence-electron chi connectivity index (χ4n) is 4.11. The van der Waals surface area contributed by atoms with E-state index in [0.717, 1.165) is 26.5 Å². The molecule has 0 saturated carbocycles. The molecular weight excluding hydrogens is 502 g/mol. The lowest BCUT2D eigenvalue weighted by atomic mass is 9.96. The lowest BCUT2D eigenvalue weighted by Crippen LogP contribution is -2.39. The maximum absolute atomic E-state index is 13.6. The van der Waals surface area contributed by atoms with Crippen LogP contribution in [0.15, 0.2) is 80.3 Å². The molecule has 1 aliphatic rings. The van der Waals surface area contributed by atoms with Gasteiger partial charge in [-0.3, -0.25) is 9.36 Å². The molecule has 0 bridgehead atoms. The third-order valence-corrected chi connectivity index (χ3v) is 7.12. The van der Waals surface area contributed by atoms with Crippen LogP contribution in [0.5, 0.6) is 0 Å². The normalized spacial score (nSPS) is 16.1. The molecule has 2 aromatic carbocycles. The van der Waals surface area contributed by atoms with Crippen LogP contribution >= 0.6 is 27.3 Å². The van der Waals surface area contributed by atoms with Crippen molar-refractivity contribution in [1.29, 1.82) is 0 Å². The molecule has 3 heterocycles. The van der Waals surface area contributed by atoms with Crippen molar-refractivity contribution < 1.29 is 9.53 Å². The molecule has 4 aromatic rings. The summed E-state index contributed by atoms with van der Waals surface area (Å²) in [6.45, 7) is 3.79. The van der Waals surface area contributed by atoms with Crippen LogP contribution in [0, 0.1) is 0 Å². The number of nitrogens with one attached hydrogen (secondary N) is 1. The Morgan fingerprint density at radius 2 is 2.00 bits per heavy atom. The number of halogens is 1. The lowest BCUT2D eigenvalue weighted by molar-refractivity contribution is -0.139. The molecular formula is C25H20BrN3O3S. The first kappa shape index (κ1) is 21.6. The van der Waals surface area contributed by atoms with Crippen LogP contribution in [0.2, 0.25) is 0 Å². The zero-order valence-electron chi connectivity index (χ0n) is 18.0. The first-order valence-electron chi connectivity index (χ1n) is 10.5. The van der Waals surface area contributed by atoms with Gasteiger partial charge in [-0.25, -0.2) is 9.79 Å². The monoisotopic (exact) mass is 521 g/mol. The van der Waals surface area contributed by atoms with Crippen molar-refractivity contribution in [3.05, 3.63) is 101 Å². The topological polar surface area (TPSA) is 76.4 Å². The van der Waals surface area contributed by atoms with Gasteiger partial charge in [0.2, 0.25) is 0 Å². The third-order valence-electron chi connectivity index (χ3n) is 5.61. The molecule has 0 aliphatic carbocycles. The molecule has 2 aromatic heterocycles. The van der Waals surface area contributed by atoms with E-state index in [4.69, 9.17) is 4.74 Å². The van der Waals surface area contributed by atoms with E-state index in [0.29, 0.717) is 20.6 Å². The number of aromatic amines is 1. The van der Waals surface area contributed by atoms with E-state index < -0.39 is 12.0 Å². The van der Waals surface area contributed by atoms with Gasteiger partial charge in [-0.15, -0.1) is 0 Å². The average Bonchev–Trinajstić information content (AvgIpc) is 3.35. The standard InChI is InChI=1S/C25H20BrN3O3S/c1-3-32-24(31)21-14(2)28-25-29(22(21)15-8-10-17(26)11-9-15)23(30)20(33-25)12-16-13-27-19-7-5-4-6-18(16)19/h4-13,22,27H,3H2,1-2H3/b20-12-/t22-/m1/s1. The van der Waals surface area contributed by atoms with Gasteiger partial charge in [0.15, 0.2) is 4.80 Å². The smallest absolute Gasteiger partial charge is 0.338 e. The Bertz CT molecular complexity index is 1590. The Labute approximate surface area is 201 Å². The van der Waals surface area contributed by atoms with Crippen molar-refractivity contribution in [2.45, 2.75) is 19.9 Å². The number of esters is 1. The highest BCUT2D eigenvalue weighted by atomic mass is 79.9. The summed E-state index contributed by atoms with van der Waals surface area (Å²) in [6, 6.07) is 14.9. The summed E-state index contributed by atoms with van der Waals surface area (Å²) in [5, 5.41) is 1.04. The number of aromatic nitrogens is 2. The van der Waals surface area contributed by atoms with E-state index in [1.807, 2.05) is 60.8 Å². The molecule has 0 amide bonds. The molecule has 0 spiro atoms. The number of benzene rings is 2. The van der Waals surface area contributed by atoms with Gasteiger partial charge in [0.05, 0.1) is 28.5 Å². The van der Waals surface area contributed by atoms with E-state index in [2.05, 4.69) is 25.9 Å². The van der Waals surface area contributed by atoms with Gasteiger partial charge in [-0.1, -0.05) is 57.6 Å². The van der Waals surface area contributed by atoms with E-state index in [9.17, 15) is 9.59 Å². The van der Waals surface area contributed by atoms with Gasteiger partial charge in [-0.05, 0) is 43.7 Å². The van der Waals surface area contributed by atoms with Gasteiger partial charge in [-0.2, -0.15) is 0 Å². The second kappa shape index (κ2) is 8.61. The summed E-state index contributed by atoms with van der Waals surface area (Å²) in [7, 11) is 0. The van der Waals surface area contributed by atoms with Crippen LogP contribution in [0.3, 0.4) is 0 Å². The summed E-state index contributed by atoms with van der Waals surface area (Å²) >= 11 is 4.78. The highest BCUT2D eigenvalue weighted by Crippen LogP contribution is 2.31. The third kappa shape index (κ3) is 3.79. The number of ether oxygens (including phenoxy) is 1. The maximum atomic E-state index is 13.6. The summed E-state index contributed by atoms with van der Waals surface area (Å²) in [4.78, 5) is 35.0. The van der Waals surface area contributed by atoms with Gasteiger partial charge < -0.3 is 9.72 Å². The first-order valence-corrected chi connectivity index (χ1v) is 12.1. The molecule has 0 saturated heterocycles. The first-order chi connectivity index (χ1) is 16.0. The summed E-state index contributed by atoms with van der Waals surface area (Å²) in [5.41, 5.74) is 3.50. The molecule has 166 valence electrons. The minimum atomic E-state index is -0.612.